The van der Waals surface area contributed by atoms with Gasteiger partial charge < -0.3 is 5.11 Å². The van der Waals surface area contributed by atoms with Crippen LogP contribution in [0.2, 0.25) is 0 Å². The molecule has 0 radical (unpaired) electrons. The fourth-order valence-corrected chi connectivity index (χ4v) is 2.59. The van der Waals surface area contributed by atoms with E-state index in [0.29, 0.717) is 13.0 Å². The first-order valence-corrected chi connectivity index (χ1v) is 6.32. The molecule has 0 bridgehead atoms. The van der Waals surface area contributed by atoms with Crippen LogP contribution < -0.4 is 0 Å². The molecule has 0 aromatic heterocycles. The molecule has 1 aromatic carbocycles. The van der Waals surface area contributed by atoms with Gasteiger partial charge >= 0.3 is 5.97 Å². The van der Waals surface area contributed by atoms with Gasteiger partial charge in [0.25, 0.3) is 5.92 Å². The zero-order valence-electron chi connectivity index (χ0n) is 10.7. The summed E-state index contributed by atoms with van der Waals surface area (Å²) in [5, 5.41) is 9.00. The van der Waals surface area contributed by atoms with Crippen LogP contribution in [0.25, 0.3) is 0 Å². The Hall–Kier alpha value is -1.49. The summed E-state index contributed by atoms with van der Waals surface area (Å²) >= 11 is 0. The lowest BCUT2D eigenvalue weighted by atomic mass is 10.0. The van der Waals surface area contributed by atoms with Gasteiger partial charge in [0.1, 0.15) is 0 Å². The molecule has 104 valence electrons. The number of rotatable bonds is 4. The van der Waals surface area contributed by atoms with Crippen LogP contribution in [0.4, 0.5) is 8.78 Å². The third-order valence-corrected chi connectivity index (χ3v) is 3.80. The molecule has 1 heterocycles. The second kappa shape index (κ2) is 5.25. The van der Waals surface area contributed by atoms with Crippen molar-refractivity contribution >= 4 is 5.97 Å². The summed E-state index contributed by atoms with van der Waals surface area (Å²) in [5.41, 5.74) is -0.0269. The molecule has 1 saturated heterocycles. The average Bonchev–Trinajstić information content (AvgIpc) is 2.72. The lowest BCUT2D eigenvalue weighted by molar-refractivity contribution is -0.142. The van der Waals surface area contributed by atoms with E-state index in [4.69, 9.17) is 5.11 Å². The van der Waals surface area contributed by atoms with Gasteiger partial charge in [0.05, 0.1) is 12.5 Å². The van der Waals surface area contributed by atoms with Crippen molar-refractivity contribution in [1.29, 1.82) is 0 Å². The van der Waals surface area contributed by atoms with Crippen LogP contribution in [0.3, 0.4) is 0 Å². The highest BCUT2D eigenvalue weighted by molar-refractivity contribution is 5.71. The number of halogens is 2. The summed E-state index contributed by atoms with van der Waals surface area (Å²) in [6, 6.07) is 7.30. The summed E-state index contributed by atoms with van der Waals surface area (Å²) in [6.45, 7) is 1.68. The number of carboxylic acid groups (broad SMARTS) is 1. The van der Waals surface area contributed by atoms with Crippen molar-refractivity contribution in [2.45, 2.75) is 25.3 Å². The molecule has 3 nitrogen and oxygen atoms in total. The Morgan fingerprint density at radius 3 is 2.58 bits per heavy atom. The van der Waals surface area contributed by atoms with Gasteiger partial charge in [-0.15, -0.1) is 0 Å². The monoisotopic (exact) mass is 269 g/mol. The summed E-state index contributed by atoms with van der Waals surface area (Å²) in [5.74, 6) is -4.41. The maximum absolute atomic E-state index is 14.1. The Morgan fingerprint density at radius 1 is 1.42 bits per heavy atom. The standard InChI is InChI=1S/C14H17F2NO2/c1-10-12(13(18)19)7-8-17(10)9-14(15,16)11-5-3-2-4-6-11/h2-6,10,12H,7-9H2,1H3,(H,18,19). The molecule has 0 saturated carbocycles. The van der Waals surface area contributed by atoms with Crippen molar-refractivity contribution in [2.24, 2.45) is 5.92 Å². The molecule has 1 aromatic rings. The molecule has 1 aliphatic rings. The van der Waals surface area contributed by atoms with Gasteiger partial charge in [-0.3, -0.25) is 9.69 Å². The smallest absolute Gasteiger partial charge is 0.308 e. The van der Waals surface area contributed by atoms with E-state index in [0.717, 1.165) is 0 Å². The molecule has 2 atom stereocenters. The maximum Gasteiger partial charge on any atom is 0.308 e. The van der Waals surface area contributed by atoms with E-state index in [2.05, 4.69) is 0 Å². The Balaban J connectivity index is 2.07. The number of aliphatic carboxylic acids is 1. The highest BCUT2D eigenvalue weighted by atomic mass is 19.3. The van der Waals surface area contributed by atoms with E-state index in [1.54, 1.807) is 30.0 Å². The van der Waals surface area contributed by atoms with Gasteiger partial charge in [0.15, 0.2) is 0 Å². The highest BCUT2D eigenvalue weighted by Crippen LogP contribution is 2.33. The molecular weight excluding hydrogens is 252 g/mol. The van der Waals surface area contributed by atoms with E-state index in [1.807, 2.05) is 0 Å². The van der Waals surface area contributed by atoms with Crippen LogP contribution in [0.5, 0.6) is 0 Å². The van der Waals surface area contributed by atoms with E-state index in [-0.39, 0.29) is 11.6 Å². The normalized spacial score (nSPS) is 24.6. The Labute approximate surface area is 110 Å². The number of alkyl halides is 2. The van der Waals surface area contributed by atoms with E-state index < -0.39 is 24.4 Å². The SMILES string of the molecule is CC1C(C(=O)O)CCN1CC(F)(F)c1ccccc1. The van der Waals surface area contributed by atoms with Gasteiger partial charge in [0, 0.05) is 11.6 Å². The zero-order valence-corrected chi connectivity index (χ0v) is 10.7. The van der Waals surface area contributed by atoms with Crippen LogP contribution in [-0.2, 0) is 10.7 Å². The molecule has 1 aliphatic heterocycles. The van der Waals surface area contributed by atoms with Crippen LogP contribution in [0, 0.1) is 5.92 Å². The zero-order chi connectivity index (χ0) is 14.0. The predicted molar refractivity (Wildman–Crippen MR) is 67.1 cm³/mol. The topological polar surface area (TPSA) is 40.5 Å². The second-order valence-corrected chi connectivity index (χ2v) is 5.01. The summed E-state index contributed by atoms with van der Waals surface area (Å²) in [4.78, 5) is 12.5. The average molecular weight is 269 g/mol. The molecule has 0 spiro atoms. The second-order valence-electron chi connectivity index (χ2n) is 5.01. The van der Waals surface area contributed by atoms with Gasteiger partial charge in [-0.05, 0) is 19.9 Å². The first-order chi connectivity index (χ1) is 8.92. The third-order valence-electron chi connectivity index (χ3n) is 3.80. The quantitative estimate of drug-likeness (QED) is 0.913. The first-order valence-electron chi connectivity index (χ1n) is 6.32. The van der Waals surface area contributed by atoms with Gasteiger partial charge in [-0.25, -0.2) is 0 Å². The fourth-order valence-electron chi connectivity index (χ4n) is 2.59. The molecule has 0 amide bonds. The van der Waals surface area contributed by atoms with E-state index in [9.17, 15) is 13.6 Å². The van der Waals surface area contributed by atoms with Crippen molar-refractivity contribution < 1.29 is 18.7 Å². The summed E-state index contributed by atoms with van der Waals surface area (Å²) < 4.78 is 28.2. The van der Waals surface area contributed by atoms with Crippen LogP contribution in [-0.4, -0.2) is 35.1 Å². The Kier molecular flexibility index (Phi) is 3.85. The van der Waals surface area contributed by atoms with Crippen molar-refractivity contribution in [3.63, 3.8) is 0 Å². The number of nitrogens with zero attached hydrogens (tertiary/aromatic N) is 1. The molecule has 19 heavy (non-hydrogen) atoms. The lowest BCUT2D eigenvalue weighted by Crippen LogP contribution is -2.40. The highest BCUT2D eigenvalue weighted by Gasteiger charge is 2.41. The number of likely N-dealkylation sites (tertiary alicyclic amines) is 1. The van der Waals surface area contributed by atoms with E-state index >= 15 is 0 Å². The van der Waals surface area contributed by atoms with Crippen molar-refractivity contribution in [1.82, 2.24) is 4.90 Å². The lowest BCUT2D eigenvalue weighted by Gasteiger charge is -2.28. The predicted octanol–water partition coefficient (Wildman–Crippen LogP) is 2.57. The van der Waals surface area contributed by atoms with E-state index in [1.165, 1.54) is 12.1 Å². The summed E-state index contributed by atoms with van der Waals surface area (Å²) in [6.07, 6.45) is 0.432. The Bertz CT molecular complexity index is 450. The number of hydrogen-bond donors (Lipinski definition) is 1. The molecule has 1 N–H and O–H groups in total. The van der Waals surface area contributed by atoms with Crippen LogP contribution in [0.15, 0.2) is 30.3 Å². The molecule has 1 fully saturated rings. The van der Waals surface area contributed by atoms with Gasteiger partial charge in [-0.1, -0.05) is 30.3 Å². The van der Waals surface area contributed by atoms with Crippen LogP contribution >= 0.6 is 0 Å². The van der Waals surface area contributed by atoms with Crippen LogP contribution in [0.1, 0.15) is 18.9 Å². The molecular formula is C14H17F2NO2. The van der Waals surface area contributed by atoms with Crippen molar-refractivity contribution in [3.05, 3.63) is 35.9 Å². The van der Waals surface area contributed by atoms with Crippen molar-refractivity contribution in [3.8, 4) is 0 Å². The maximum atomic E-state index is 14.1. The van der Waals surface area contributed by atoms with Crippen molar-refractivity contribution in [2.75, 3.05) is 13.1 Å². The Morgan fingerprint density at radius 2 is 2.05 bits per heavy atom. The first kappa shape index (κ1) is 13.9. The molecule has 5 heteroatoms. The number of hydrogen-bond acceptors (Lipinski definition) is 2. The minimum absolute atomic E-state index is 0.0269. The van der Waals surface area contributed by atoms with Gasteiger partial charge in [-0.2, -0.15) is 8.78 Å². The number of benzene rings is 1. The molecule has 2 unspecified atom stereocenters. The third kappa shape index (κ3) is 2.92. The minimum atomic E-state index is -2.96. The fraction of sp³-hybridized carbons (Fsp3) is 0.500. The largest absolute Gasteiger partial charge is 0.481 e. The molecule has 0 aliphatic carbocycles. The summed E-state index contributed by atoms with van der Waals surface area (Å²) in [7, 11) is 0. The number of carboxylic acids is 1. The van der Waals surface area contributed by atoms with Gasteiger partial charge in [0.2, 0.25) is 0 Å². The minimum Gasteiger partial charge on any atom is -0.481 e. The number of carbonyl (C=O) groups is 1. The molecule has 2 rings (SSSR count).